The number of fused-ring (bicyclic) bond motifs is 2. The molecule has 1 aromatic heterocycles. The lowest BCUT2D eigenvalue weighted by Gasteiger charge is -2.40. The van der Waals surface area contributed by atoms with Crippen molar-refractivity contribution in [2.75, 3.05) is 40.0 Å². The Hall–Kier alpha value is -3.52. The Labute approximate surface area is 223 Å². The molecular weight excluding hydrogens is 484 g/mol. The number of ether oxygens (including phenoxy) is 4. The number of carbonyl (C=O) groups is 1. The molecule has 0 aliphatic carbocycles. The second-order valence-electron chi connectivity index (χ2n) is 10.1. The van der Waals surface area contributed by atoms with Gasteiger partial charge in [-0.05, 0) is 87.0 Å². The van der Waals surface area contributed by atoms with E-state index in [-0.39, 0.29) is 11.5 Å². The van der Waals surface area contributed by atoms with Crippen LogP contribution in [0.15, 0.2) is 53.3 Å². The van der Waals surface area contributed by atoms with Gasteiger partial charge in [-0.1, -0.05) is 6.07 Å². The van der Waals surface area contributed by atoms with Crippen LogP contribution in [0.5, 0.6) is 17.2 Å². The van der Waals surface area contributed by atoms with Crippen LogP contribution in [0, 0.1) is 5.41 Å². The van der Waals surface area contributed by atoms with Gasteiger partial charge in [-0.2, -0.15) is 0 Å². The van der Waals surface area contributed by atoms with E-state index < -0.39 is 5.41 Å². The van der Waals surface area contributed by atoms with Crippen molar-refractivity contribution in [3.8, 4) is 17.2 Å². The molecule has 2 aliphatic heterocycles. The summed E-state index contributed by atoms with van der Waals surface area (Å²) in [6.45, 7) is 6.31. The number of pyridine rings is 1. The third-order valence-corrected chi connectivity index (χ3v) is 7.77. The van der Waals surface area contributed by atoms with E-state index in [2.05, 4.69) is 17.0 Å². The van der Waals surface area contributed by atoms with Gasteiger partial charge in [0.15, 0.2) is 11.5 Å². The lowest BCUT2D eigenvalue weighted by Crippen LogP contribution is -2.45. The van der Waals surface area contributed by atoms with E-state index >= 15 is 0 Å². The SMILES string of the molecule is CCOC(=O)C1(CCCn2c(=O)ccc3ccc(OC)cc32)CCN(Cc2ccc3c(c2)OCCO3)CC1. The van der Waals surface area contributed by atoms with Gasteiger partial charge in [0, 0.05) is 25.2 Å². The first-order chi connectivity index (χ1) is 18.5. The Kier molecular flexibility index (Phi) is 7.88. The highest BCUT2D eigenvalue weighted by Gasteiger charge is 2.42. The molecule has 202 valence electrons. The number of carbonyl (C=O) groups excluding carboxylic acids is 1. The molecule has 8 heteroatoms. The summed E-state index contributed by atoms with van der Waals surface area (Å²) in [6.07, 6.45) is 2.84. The van der Waals surface area contributed by atoms with Gasteiger partial charge in [-0.15, -0.1) is 0 Å². The fourth-order valence-electron chi connectivity index (χ4n) is 5.62. The maximum atomic E-state index is 13.2. The Bertz CT molecular complexity index is 1340. The average molecular weight is 521 g/mol. The van der Waals surface area contributed by atoms with Crippen molar-refractivity contribution in [3.63, 3.8) is 0 Å². The van der Waals surface area contributed by atoms with E-state index in [4.69, 9.17) is 18.9 Å². The number of aryl methyl sites for hydroxylation is 1. The van der Waals surface area contributed by atoms with Gasteiger partial charge in [0.25, 0.3) is 5.56 Å². The van der Waals surface area contributed by atoms with Crippen molar-refractivity contribution >= 4 is 16.9 Å². The minimum absolute atomic E-state index is 0.0508. The number of hydrogen-bond acceptors (Lipinski definition) is 7. The molecule has 3 aromatic rings. The molecule has 2 aromatic carbocycles. The number of likely N-dealkylation sites (tertiary alicyclic amines) is 1. The van der Waals surface area contributed by atoms with Gasteiger partial charge < -0.3 is 23.5 Å². The van der Waals surface area contributed by atoms with Crippen LogP contribution < -0.4 is 19.8 Å². The largest absolute Gasteiger partial charge is 0.497 e. The Balaban J connectivity index is 1.26. The molecule has 0 spiro atoms. The van der Waals surface area contributed by atoms with E-state index in [9.17, 15) is 9.59 Å². The monoisotopic (exact) mass is 520 g/mol. The number of piperidine rings is 1. The Morgan fingerprint density at radius 1 is 1.00 bits per heavy atom. The first kappa shape index (κ1) is 26.1. The summed E-state index contributed by atoms with van der Waals surface area (Å²) in [5, 5.41) is 0.984. The number of esters is 1. The zero-order chi connectivity index (χ0) is 26.5. The van der Waals surface area contributed by atoms with Gasteiger partial charge in [0.05, 0.1) is 24.6 Å². The highest BCUT2D eigenvalue weighted by molar-refractivity contribution is 5.80. The summed E-state index contributed by atoms with van der Waals surface area (Å²) in [6, 6.07) is 15.3. The lowest BCUT2D eigenvalue weighted by molar-refractivity contribution is -0.159. The number of hydrogen-bond donors (Lipinski definition) is 0. The summed E-state index contributed by atoms with van der Waals surface area (Å²) in [5.41, 5.74) is 1.43. The van der Waals surface area contributed by atoms with Crippen LogP contribution in [-0.4, -0.2) is 55.5 Å². The van der Waals surface area contributed by atoms with Crippen molar-refractivity contribution in [2.45, 2.75) is 45.7 Å². The van der Waals surface area contributed by atoms with Gasteiger partial charge in [0.2, 0.25) is 0 Å². The predicted molar refractivity (Wildman–Crippen MR) is 145 cm³/mol. The smallest absolute Gasteiger partial charge is 0.312 e. The van der Waals surface area contributed by atoms with Crippen LogP contribution in [0.2, 0.25) is 0 Å². The summed E-state index contributed by atoms with van der Waals surface area (Å²) < 4.78 is 24.1. The highest BCUT2D eigenvalue weighted by Crippen LogP contribution is 2.39. The number of methoxy groups -OCH3 is 1. The second kappa shape index (κ2) is 11.5. The van der Waals surface area contributed by atoms with Gasteiger partial charge in [-0.3, -0.25) is 14.5 Å². The minimum Gasteiger partial charge on any atom is -0.497 e. The molecule has 1 saturated heterocycles. The molecule has 8 nitrogen and oxygen atoms in total. The molecular formula is C30H36N2O6. The lowest BCUT2D eigenvalue weighted by atomic mass is 9.74. The zero-order valence-corrected chi connectivity index (χ0v) is 22.2. The summed E-state index contributed by atoms with van der Waals surface area (Å²) in [4.78, 5) is 28.3. The summed E-state index contributed by atoms with van der Waals surface area (Å²) >= 11 is 0. The summed E-state index contributed by atoms with van der Waals surface area (Å²) in [5.74, 6) is 2.19. The maximum absolute atomic E-state index is 13.2. The molecule has 5 rings (SSSR count). The molecule has 0 saturated carbocycles. The molecule has 0 amide bonds. The average Bonchev–Trinajstić information content (AvgIpc) is 2.95. The standard InChI is InChI=1S/C30H36N2O6/c1-3-36-29(34)30(11-4-14-32-25-20-24(35-2)8-6-23(25)7-10-28(32)33)12-15-31(16-13-30)21-22-5-9-26-27(19-22)38-18-17-37-26/h5-10,19-20H,3-4,11-18,21H2,1-2H3. The maximum Gasteiger partial charge on any atom is 0.312 e. The van der Waals surface area contributed by atoms with Crippen molar-refractivity contribution < 1.29 is 23.7 Å². The van der Waals surface area contributed by atoms with E-state index in [1.807, 2.05) is 37.3 Å². The molecule has 0 atom stereocenters. The van der Waals surface area contributed by atoms with Crippen LogP contribution in [-0.2, 0) is 22.6 Å². The number of nitrogens with zero attached hydrogens (tertiary/aromatic N) is 2. The molecule has 3 heterocycles. The molecule has 1 fully saturated rings. The van der Waals surface area contributed by atoms with Crippen molar-refractivity contribution in [1.82, 2.24) is 9.47 Å². The highest BCUT2D eigenvalue weighted by atomic mass is 16.6. The zero-order valence-electron chi connectivity index (χ0n) is 22.2. The van der Waals surface area contributed by atoms with Gasteiger partial charge >= 0.3 is 5.97 Å². The van der Waals surface area contributed by atoms with Gasteiger partial charge in [0.1, 0.15) is 19.0 Å². The normalized spacial score (nSPS) is 16.8. The first-order valence-electron chi connectivity index (χ1n) is 13.5. The first-order valence-corrected chi connectivity index (χ1v) is 13.5. The quantitative estimate of drug-likeness (QED) is 0.387. The van der Waals surface area contributed by atoms with Crippen LogP contribution >= 0.6 is 0 Å². The minimum atomic E-state index is -0.537. The van der Waals surface area contributed by atoms with E-state index in [0.29, 0.717) is 45.0 Å². The second-order valence-corrected chi connectivity index (χ2v) is 10.1. The van der Waals surface area contributed by atoms with E-state index in [0.717, 1.165) is 54.9 Å². The third kappa shape index (κ3) is 5.50. The summed E-state index contributed by atoms with van der Waals surface area (Å²) in [7, 11) is 1.62. The third-order valence-electron chi connectivity index (χ3n) is 7.77. The molecule has 0 N–H and O–H groups in total. The topological polar surface area (TPSA) is 79.2 Å². The van der Waals surface area contributed by atoms with Crippen LogP contribution in [0.3, 0.4) is 0 Å². The Morgan fingerprint density at radius 2 is 1.76 bits per heavy atom. The number of benzene rings is 2. The predicted octanol–water partition coefficient (Wildman–Crippen LogP) is 4.41. The van der Waals surface area contributed by atoms with Crippen molar-refractivity contribution in [2.24, 2.45) is 5.41 Å². The van der Waals surface area contributed by atoms with E-state index in [1.165, 1.54) is 5.56 Å². The number of aromatic nitrogens is 1. The molecule has 38 heavy (non-hydrogen) atoms. The van der Waals surface area contributed by atoms with Crippen molar-refractivity contribution in [3.05, 3.63) is 64.4 Å². The van der Waals surface area contributed by atoms with Crippen LogP contribution in [0.4, 0.5) is 0 Å². The molecule has 0 bridgehead atoms. The molecule has 2 aliphatic rings. The van der Waals surface area contributed by atoms with Gasteiger partial charge in [-0.25, -0.2) is 0 Å². The molecule has 0 unspecified atom stereocenters. The molecule has 0 radical (unpaired) electrons. The van der Waals surface area contributed by atoms with Crippen LogP contribution in [0.25, 0.3) is 10.9 Å². The Morgan fingerprint density at radius 3 is 2.53 bits per heavy atom. The fourth-order valence-corrected chi connectivity index (χ4v) is 5.62. The number of rotatable bonds is 9. The van der Waals surface area contributed by atoms with Crippen molar-refractivity contribution in [1.29, 1.82) is 0 Å². The van der Waals surface area contributed by atoms with E-state index in [1.54, 1.807) is 17.7 Å². The van der Waals surface area contributed by atoms with Crippen LogP contribution in [0.1, 0.15) is 38.2 Å². The fraction of sp³-hybridized carbons (Fsp3) is 0.467.